The molecule has 1 aliphatic rings. The van der Waals surface area contributed by atoms with Crippen molar-refractivity contribution < 1.29 is 24.2 Å². The fraction of sp³-hybridized carbons (Fsp3) is 0.278. The topological polar surface area (TPSA) is 85.2 Å². The van der Waals surface area contributed by atoms with Gasteiger partial charge in [-0.3, -0.25) is 4.79 Å². The van der Waals surface area contributed by atoms with Crippen LogP contribution in [-0.2, 0) is 14.3 Å². The number of ether oxygens (including phenoxy) is 2. The zero-order valence-corrected chi connectivity index (χ0v) is 15.1. The summed E-state index contributed by atoms with van der Waals surface area (Å²) in [6.07, 6.45) is 1.88. The summed E-state index contributed by atoms with van der Waals surface area (Å²) >= 11 is 1.05. The molecule has 132 valence electrons. The summed E-state index contributed by atoms with van der Waals surface area (Å²) in [5, 5.41) is 10.6. The molecule has 0 saturated carbocycles. The average Bonchev–Trinajstić information content (AvgIpc) is 2.90. The molecule has 0 spiro atoms. The van der Waals surface area contributed by atoms with Gasteiger partial charge in [-0.05, 0) is 19.1 Å². The van der Waals surface area contributed by atoms with Gasteiger partial charge in [0.1, 0.15) is 22.1 Å². The number of aliphatic hydroxyl groups excluding tert-OH is 1. The largest absolute Gasteiger partial charge is 0.506 e. The number of hydrogen-bond acceptors (Lipinski definition) is 6. The first-order chi connectivity index (χ1) is 12.0. The molecule has 1 aromatic rings. The van der Waals surface area contributed by atoms with Crippen LogP contribution >= 0.6 is 11.8 Å². The third-order valence-electron chi connectivity index (χ3n) is 3.32. The van der Waals surface area contributed by atoms with Crippen LogP contribution in [0.3, 0.4) is 0 Å². The third kappa shape index (κ3) is 4.30. The zero-order valence-electron chi connectivity index (χ0n) is 14.2. The van der Waals surface area contributed by atoms with E-state index in [2.05, 4.69) is 4.99 Å². The van der Waals surface area contributed by atoms with Gasteiger partial charge >= 0.3 is 5.97 Å². The van der Waals surface area contributed by atoms with E-state index in [0.29, 0.717) is 10.7 Å². The highest BCUT2D eigenvalue weighted by Gasteiger charge is 2.33. The second kappa shape index (κ2) is 8.53. The predicted molar refractivity (Wildman–Crippen MR) is 97.6 cm³/mol. The van der Waals surface area contributed by atoms with Crippen molar-refractivity contribution in [2.45, 2.75) is 20.3 Å². The molecule has 7 heteroatoms. The number of methoxy groups -OCH3 is 1. The van der Waals surface area contributed by atoms with Crippen LogP contribution in [-0.4, -0.2) is 35.7 Å². The fourth-order valence-electron chi connectivity index (χ4n) is 2.11. The minimum absolute atomic E-state index is 0.0882. The van der Waals surface area contributed by atoms with Crippen LogP contribution in [0.2, 0.25) is 0 Å². The van der Waals surface area contributed by atoms with E-state index >= 15 is 0 Å². The second-order valence-corrected chi connectivity index (χ2v) is 5.99. The Hall–Kier alpha value is -2.54. The fourth-order valence-corrected chi connectivity index (χ4v) is 3.13. The molecule has 1 N–H and O–H groups in total. The smallest absolute Gasteiger partial charge is 0.344 e. The van der Waals surface area contributed by atoms with Crippen LogP contribution in [0.5, 0.6) is 5.75 Å². The lowest BCUT2D eigenvalue weighted by Crippen LogP contribution is -2.14. The molecule has 1 aliphatic heterocycles. The van der Waals surface area contributed by atoms with Crippen molar-refractivity contribution in [3.63, 3.8) is 0 Å². The lowest BCUT2D eigenvalue weighted by molar-refractivity contribution is -0.138. The molecule has 0 atom stereocenters. The van der Waals surface area contributed by atoms with Gasteiger partial charge in [-0.15, -0.1) is 0 Å². The number of nitrogens with zero attached hydrogens (tertiary/aromatic N) is 1. The van der Waals surface area contributed by atoms with Gasteiger partial charge in [0.05, 0.1) is 18.6 Å². The average molecular weight is 361 g/mol. The van der Waals surface area contributed by atoms with Gasteiger partial charge < -0.3 is 14.6 Å². The van der Waals surface area contributed by atoms with Gasteiger partial charge in [0.15, 0.2) is 0 Å². The number of esters is 1. The molecule has 1 amide bonds. The molecule has 0 fully saturated rings. The Morgan fingerprint density at radius 2 is 2.00 bits per heavy atom. The van der Waals surface area contributed by atoms with Gasteiger partial charge in [-0.1, -0.05) is 36.9 Å². The van der Waals surface area contributed by atoms with Gasteiger partial charge in [0, 0.05) is 12.0 Å². The molecular formula is C18H19NO5S. The molecule has 0 unspecified atom stereocenters. The van der Waals surface area contributed by atoms with Crippen LogP contribution in [0, 0.1) is 0 Å². The summed E-state index contributed by atoms with van der Waals surface area (Å²) in [6, 6.07) is 7.26. The van der Waals surface area contributed by atoms with Crippen molar-refractivity contribution in [2.75, 3.05) is 13.7 Å². The van der Waals surface area contributed by atoms with Crippen LogP contribution in [0.1, 0.15) is 25.8 Å². The lowest BCUT2D eigenvalue weighted by atomic mass is 10.1. The number of hydrogen-bond donors (Lipinski definition) is 1. The SMILES string of the molecule is CCOC(=O)C1=C(O)/C(=C/c2ccccc2OC)SC1=NC(=O)CC. The van der Waals surface area contributed by atoms with E-state index in [0.717, 1.165) is 17.3 Å². The van der Waals surface area contributed by atoms with E-state index < -0.39 is 5.97 Å². The summed E-state index contributed by atoms with van der Waals surface area (Å²) in [4.78, 5) is 28.1. The van der Waals surface area contributed by atoms with Gasteiger partial charge in [-0.25, -0.2) is 9.79 Å². The summed E-state index contributed by atoms with van der Waals surface area (Å²) in [7, 11) is 1.55. The number of aliphatic imine (C=N–C) groups is 1. The molecule has 0 aromatic heterocycles. The number of thioether (sulfide) groups is 1. The van der Waals surface area contributed by atoms with Crippen molar-refractivity contribution in [1.82, 2.24) is 0 Å². The Balaban J connectivity index is 2.50. The predicted octanol–water partition coefficient (Wildman–Crippen LogP) is 3.49. The maximum atomic E-state index is 12.2. The minimum Gasteiger partial charge on any atom is -0.506 e. The number of benzene rings is 1. The summed E-state index contributed by atoms with van der Waals surface area (Å²) in [6.45, 7) is 3.49. The number of amides is 1. The number of carbonyl (C=O) groups excluding carboxylic acids is 2. The Kier molecular flexibility index (Phi) is 6.41. The molecule has 0 saturated heterocycles. The first-order valence-electron chi connectivity index (χ1n) is 7.76. The molecule has 0 bridgehead atoms. The van der Waals surface area contributed by atoms with Crippen molar-refractivity contribution in [3.05, 3.63) is 46.1 Å². The Morgan fingerprint density at radius 1 is 1.28 bits per heavy atom. The van der Waals surface area contributed by atoms with E-state index in [-0.39, 0.29) is 35.3 Å². The van der Waals surface area contributed by atoms with Crippen molar-refractivity contribution in [3.8, 4) is 5.75 Å². The lowest BCUT2D eigenvalue weighted by Gasteiger charge is -2.05. The zero-order chi connectivity index (χ0) is 18.4. The molecule has 6 nitrogen and oxygen atoms in total. The number of para-hydroxylation sites is 1. The Labute approximate surface area is 150 Å². The molecule has 25 heavy (non-hydrogen) atoms. The summed E-state index contributed by atoms with van der Waals surface area (Å²) in [5.41, 5.74) is 0.639. The molecule has 0 radical (unpaired) electrons. The van der Waals surface area contributed by atoms with E-state index in [1.807, 2.05) is 18.2 Å². The van der Waals surface area contributed by atoms with Gasteiger partial charge in [0.2, 0.25) is 5.91 Å². The van der Waals surface area contributed by atoms with Crippen LogP contribution < -0.4 is 4.74 Å². The van der Waals surface area contributed by atoms with Crippen molar-refractivity contribution >= 4 is 34.8 Å². The highest BCUT2D eigenvalue weighted by Crippen LogP contribution is 2.40. The van der Waals surface area contributed by atoms with Gasteiger partial charge in [0.25, 0.3) is 0 Å². The second-order valence-electron chi connectivity index (χ2n) is 4.96. The number of aliphatic hydroxyl groups is 1. The van der Waals surface area contributed by atoms with Crippen molar-refractivity contribution in [2.24, 2.45) is 4.99 Å². The maximum absolute atomic E-state index is 12.2. The highest BCUT2D eigenvalue weighted by molar-refractivity contribution is 8.18. The minimum atomic E-state index is -0.710. The van der Waals surface area contributed by atoms with Crippen LogP contribution in [0.25, 0.3) is 6.08 Å². The number of carbonyl (C=O) groups is 2. The number of rotatable bonds is 5. The molecule has 2 rings (SSSR count). The highest BCUT2D eigenvalue weighted by atomic mass is 32.2. The maximum Gasteiger partial charge on any atom is 0.344 e. The third-order valence-corrected chi connectivity index (χ3v) is 4.34. The molecular weight excluding hydrogens is 342 g/mol. The first kappa shape index (κ1) is 18.8. The summed E-state index contributed by atoms with van der Waals surface area (Å²) < 4.78 is 10.3. The van der Waals surface area contributed by atoms with Crippen LogP contribution in [0.15, 0.2) is 45.5 Å². The Bertz CT molecular complexity index is 779. The quantitative estimate of drug-likeness (QED) is 0.808. The standard InChI is InChI=1S/C18H19NO5S/c1-4-14(20)19-17-15(18(22)24-5-2)16(21)13(25-17)10-11-8-6-7-9-12(11)23-3/h6-10,21H,4-5H2,1-3H3/b13-10-,19-17?. The normalized spacial score (nSPS) is 17.2. The first-order valence-corrected chi connectivity index (χ1v) is 8.58. The van der Waals surface area contributed by atoms with E-state index in [1.165, 1.54) is 0 Å². The summed E-state index contributed by atoms with van der Waals surface area (Å²) in [5.74, 6) is -0.720. The Morgan fingerprint density at radius 3 is 2.64 bits per heavy atom. The van der Waals surface area contributed by atoms with Gasteiger partial charge in [-0.2, -0.15) is 0 Å². The van der Waals surface area contributed by atoms with E-state index in [9.17, 15) is 14.7 Å². The molecule has 1 aromatic carbocycles. The van der Waals surface area contributed by atoms with Crippen molar-refractivity contribution in [1.29, 1.82) is 0 Å². The van der Waals surface area contributed by atoms with E-state index in [4.69, 9.17) is 9.47 Å². The molecule has 0 aliphatic carbocycles. The molecule has 1 heterocycles. The van der Waals surface area contributed by atoms with E-state index in [1.54, 1.807) is 33.1 Å². The van der Waals surface area contributed by atoms with Crippen LogP contribution in [0.4, 0.5) is 0 Å². The monoisotopic (exact) mass is 361 g/mol.